The van der Waals surface area contributed by atoms with E-state index in [1.54, 1.807) is 13.8 Å². The number of nitrogens with two attached hydrogens (primary N) is 1. The summed E-state index contributed by atoms with van der Waals surface area (Å²) in [6.07, 6.45) is -2.70. The number of carbonyl (C=O) groups is 2. The maximum absolute atomic E-state index is 13.7. The summed E-state index contributed by atoms with van der Waals surface area (Å²) in [4.78, 5) is 36.7. The van der Waals surface area contributed by atoms with Crippen molar-refractivity contribution in [2.45, 2.75) is 70.7 Å². The van der Waals surface area contributed by atoms with Crippen LogP contribution in [0, 0.1) is 0 Å². The van der Waals surface area contributed by atoms with E-state index in [-0.39, 0.29) is 36.2 Å². The topological polar surface area (TPSA) is 232 Å². The molecule has 2 aromatic heterocycles. The average molecular weight is 590 g/mol. The Labute approximate surface area is 230 Å². The number of nitrogens with one attached hydrogen (secondary N) is 2. The van der Waals surface area contributed by atoms with Crippen LogP contribution in [0.3, 0.4) is 0 Å². The van der Waals surface area contributed by atoms with Gasteiger partial charge in [-0.2, -0.15) is 9.97 Å². The Morgan fingerprint density at radius 2 is 1.77 bits per heavy atom. The first-order chi connectivity index (χ1) is 18.8. The van der Waals surface area contributed by atoms with Crippen LogP contribution < -0.4 is 20.6 Å². The lowest BCUT2D eigenvalue weighted by molar-refractivity contribution is -0.145. The van der Waals surface area contributed by atoms with Crippen molar-refractivity contribution in [1.29, 1.82) is 0 Å². The van der Waals surface area contributed by atoms with Gasteiger partial charge in [0.1, 0.15) is 29.9 Å². The number of aromatic nitrogens is 4. The summed E-state index contributed by atoms with van der Waals surface area (Å²) in [5, 5.41) is 27.2. The van der Waals surface area contributed by atoms with Crippen LogP contribution in [0.25, 0.3) is 11.2 Å². The minimum atomic E-state index is -4.19. The Morgan fingerprint density at radius 1 is 1.20 bits per heavy atom. The van der Waals surface area contributed by atoms with Crippen LogP contribution in [-0.4, -0.2) is 98.5 Å². The molecule has 0 saturated carbocycles. The quantitative estimate of drug-likeness (QED) is 0.148. The SMILES string of the molecule is CCOC(=O)[C@H](C)NP(=O)(N[C@H](C)C(=O)OCC)OC[C@H]1OC(n2cnc3c(OC)nc(N)nc32)[C@@](C)(O)C1O. The molecule has 18 heteroatoms. The molecule has 3 unspecified atom stereocenters. The van der Waals surface area contributed by atoms with Gasteiger partial charge in [-0.05, 0) is 34.6 Å². The Morgan fingerprint density at radius 3 is 2.30 bits per heavy atom. The van der Waals surface area contributed by atoms with E-state index in [9.17, 15) is 24.4 Å². The van der Waals surface area contributed by atoms with Gasteiger partial charge >= 0.3 is 19.6 Å². The van der Waals surface area contributed by atoms with Gasteiger partial charge in [0.15, 0.2) is 17.4 Å². The third kappa shape index (κ3) is 6.68. The fourth-order valence-corrected chi connectivity index (χ4v) is 5.85. The lowest BCUT2D eigenvalue weighted by atomic mass is 9.96. The van der Waals surface area contributed by atoms with Crippen LogP contribution in [0.1, 0.15) is 40.8 Å². The number of methoxy groups -OCH3 is 1. The number of aliphatic hydroxyl groups is 2. The van der Waals surface area contributed by atoms with Crippen molar-refractivity contribution in [3.8, 4) is 5.88 Å². The Kier molecular flexibility index (Phi) is 10.1. The molecule has 40 heavy (non-hydrogen) atoms. The number of carbonyl (C=O) groups excluding carboxylic acids is 2. The number of esters is 2. The molecule has 7 atom stereocenters. The molecule has 0 bridgehead atoms. The van der Waals surface area contributed by atoms with Crippen molar-refractivity contribution >= 4 is 36.7 Å². The number of nitrogen functional groups attached to an aromatic ring is 1. The summed E-state index contributed by atoms with van der Waals surface area (Å²) >= 11 is 0. The highest BCUT2D eigenvalue weighted by Gasteiger charge is 2.54. The molecule has 6 N–H and O–H groups in total. The first-order valence-corrected chi connectivity index (χ1v) is 14.1. The summed E-state index contributed by atoms with van der Waals surface area (Å²) < 4.78 is 41.7. The number of ether oxygens (including phenoxy) is 4. The molecule has 1 fully saturated rings. The van der Waals surface area contributed by atoms with Gasteiger partial charge in [0.05, 0.1) is 33.3 Å². The van der Waals surface area contributed by atoms with Gasteiger partial charge in [-0.25, -0.2) is 15.2 Å². The maximum Gasteiger partial charge on any atom is 0.342 e. The van der Waals surface area contributed by atoms with Crippen LogP contribution in [0.2, 0.25) is 0 Å². The van der Waals surface area contributed by atoms with E-state index in [1.807, 2.05) is 0 Å². The van der Waals surface area contributed by atoms with Crippen molar-refractivity contribution in [1.82, 2.24) is 29.7 Å². The fourth-order valence-electron chi connectivity index (χ4n) is 4.04. The minimum Gasteiger partial charge on any atom is -0.479 e. The highest BCUT2D eigenvalue weighted by molar-refractivity contribution is 7.54. The summed E-state index contributed by atoms with van der Waals surface area (Å²) in [6, 6.07) is -2.20. The second kappa shape index (κ2) is 12.7. The number of imidazole rings is 1. The monoisotopic (exact) mass is 589 g/mol. The van der Waals surface area contributed by atoms with Crippen molar-refractivity contribution in [3.05, 3.63) is 6.33 Å². The van der Waals surface area contributed by atoms with E-state index in [0.29, 0.717) is 0 Å². The van der Waals surface area contributed by atoms with Crippen molar-refractivity contribution in [3.63, 3.8) is 0 Å². The molecule has 0 radical (unpaired) electrons. The molecule has 0 aromatic carbocycles. The highest BCUT2D eigenvalue weighted by atomic mass is 31.2. The van der Waals surface area contributed by atoms with Crippen LogP contribution >= 0.6 is 7.67 Å². The number of fused-ring (bicyclic) bond motifs is 1. The smallest absolute Gasteiger partial charge is 0.342 e. The maximum atomic E-state index is 13.7. The largest absolute Gasteiger partial charge is 0.479 e. The molecule has 224 valence electrons. The zero-order chi connectivity index (χ0) is 29.8. The lowest BCUT2D eigenvalue weighted by Gasteiger charge is -2.28. The minimum absolute atomic E-state index is 0.0899. The molecule has 3 heterocycles. The molecule has 0 amide bonds. The van der Waals surface area contributed by atoms with E-state index < -0.39 is 62.3 Å². The summed E-state index contributed by atoms with van der Waals surface area (Å²) in [7, 11) is -2.81. The van der Waals surface area contributed by atoms with Crippen molar-refractivity contribution in [2.24, 2.45) is 0 Å². The number of aliphatic hydroxyl groups excluding tert-OH is 1. The summed E-state index contributed by atoms with van der Waals surface area (Å²) in [5.74, 6) is -1.43. The molecule has 1 aliphatic heterocycles. The predicted octanol–water partition coefficient (Wildman–Crippen LogP) is -0.366. The number of nitrogens with zero attached hydrogens (tertiary/aromatic N) is 4. The van der Waals surface area contributed by atoms with Crippen molar-refractivity contribution in [2.75, 3.05) is 32.7 Å². The first kappa shape index (κ1) is 31.6. The molecular weight excluding hydrogens is 553 g/mol. The summed E-state index contributed by atoms with van der Waals surface area (Å²) in [6.45, 7) is 7.00. The first-order valence-electron chi connectivity index (χ1n) is 12.5. The molecule has 0 aliphatic carbocycles. The van der Waals surface area contributed by atoms with Crippen LogP contribution in [0.5, 0.6) is 5.88 Å². The molecular formula is C22H36N7O10P. The molecule has 0 spiro atoms. The van der Waals surface area contributed by atoms with Gasteiger partial charge in [0, 0.05) is 0 Å². The van der Waals surface area contributed by atoms with Gasteiger partial charge in [0.2, 0.25) is 11.8 Å². The van der Waals surface area contributed by atoms with Gasteiger partial charge in [-0.1, -0.05) is 0 Å². The van der Waals surface area contributed by atoms with Gasteiger partial charge < -0.3 is 39.4 Å². The van der Waals surface area contributed by atoms with E-state index >= 15 is 0 Å². The zero-order valence-electron chi connectivity index (χ0n) is 23.1. The second-order valence-electron chi connectivity index (χ2n) is 9.17. The zero-order valence-corrected chi connectivity index (χ0v) is 24.0. The Hall–Kier alpha value is -2.92. The second-order valence-corrected chi connectivity index (χ2v) is 11.0. The number of hydrogen-bond acceptors (Lipinski definition) is 14. The van der Waals surface area contributed by atoms with Crippen molar-refractivity contribution < 1.29 is 47.8 Å². The van der Waals surface area contributed by atoms with Gasteiger partial charge in [-0.15, -0.1) is 0 Å². The lowest BCUT2D eigenvalue weighted by Crippen LogP contribution is -2.45. The molecule has 3 rings (SSSR count). The Bertz CT molecular complexity index is 1230. The molecule has 17 nitrogen and oxygen atoms in total. The number of hydrogen-bond donors (Lipinski definition) is 5. The third-order valence-corrected chi connectivity index (χ3v) is 8.00. The molecule has 1 aliphatic rings. The number of rotatable bonds is 13. The van der Waals surface area contributed by atoms with Gasteiger partial charge in [-0.3, -0.25) is 18.7 Å². The standard InChI is InChI=1S/C22H36N7O10P/c1-7-36-18(31)11(3)27-40(34,28-12(4)19(32)37-8-2)38-9-13-15(30)22(5,33)20(39-13)29-10-24-14-16(29)25-21(23)26-17(14)35-6/h10-13,15,20,30,33H,7-9H2,1-6H3,(H2,23,25,26)(H2,27,28,34)/t11-,12+,13-,15?,20?,22+,40?/m1/s1. The number of anilines is 1. The van der Waals surface area contributed by atoms with Crippen LogP contribution in [-0.2, 0) is 32.9 Å². The molecule has 2 aromatic rings. The van der Waals surface area contributed by atoms with E-state index in [2.05, 4.69) is 25.1 Å². The van der Waals surface area contributed by atoms with Crippen LogP contribution in [0.15, 0.2) is 6.33 Å². The van der Waals surface area contributed by atoms with Gasteiger partial charge in [0.25, 0.3) is 0 Å². The van der Waals surface area contributed by atoms with Crippen LogP contribution in [0.4, 0.5) is 5.95 Å². The predicted molar refractivity (Wildman–Crippen MR) is 139 cm³/mol. The third-order valence-electron chi connectivity index (χ3n) is 6.04. The highest BCUT2D eigenvalue weighted by Crippen LogP contribution is 2.44. The normalized spacial score (nSPS) is 25.8. The summed E-state index contributed by atoms with van der Waals surface area (Å²) in [5.41, 5.74) is 4.28. The van der Waals surface area contributed by atoms with E-state index in [0.717, 1.165) is 0 Å². The molecule has 1 saturated heterocycles. The van der Waals surface area contributed by atoms with E-state index in [4.69, 9.17) is 29.2 Å². The average Bonchev–Trinajstić information content (AvgIpc) is 3.40. The Balaban J connectivity index is 1.84. The fraction of sp³-hybridized carbons (Fsp3) is 0.682. The van der Waals surface area contributed by atoms with E-state index in [1.165, 1.54) is 38.8 Å².